The largest absolute Gasteiger partial charge is 0.493 e. The quantitative estimate of drug-likeness (QED) is 0.374. The molecule has 0 bridgehead atoms. The molecular weight excluding hydrogens is 452 g/mol. The van der Waals surface area contributed by atoms with Crippen LogP contribution in [0, 0.1) is 0 Å². The molecule has 2 heterocycles. The van der Waals surface area contributed by atoms with Crippen LogP contribution in [-0.4, -0.2) is 43.2 Å². The maximum Gasteiger partial charge on any atom is 0.234 e. The number of nitrogens with zero attached hydrogens (tertiary/aromatic N) is 2. The van der Waals surface area contributed by atoms with Crippen molar-refractivity contribution >= 4 is 5.91 Å². The maximum absolute atomic E-state index is 14.1. The molecule has 1 aliphatic rings. The summed E-state index contributed by atoms with van der Waals surface area (Å²) in [4.78, 5) is 20.5. The number of ether oxygens (including phenoxy) is 3. The van der Waals surface area contributed by atoms with Crippen LogP contribution in [0.2, 0.25) is 0 Å². The van der Waals surface area contributed by atoms with Gasteiger partial charge in [-0.1, -0.05) is 66.7 Å². The van der Waals surface area contributed by atoms with Crippen LogP contribution in [0.4, 0.5) is 0 Å². The second-order valence-electron chi connectivity index (χ2n) is 8.59. The molecule has 1 aromatic heterocycles. The van der Waals surface area contributed by atoms with Crippen molar-refractivity contribution in [3.05, 3.63) is 108 Å². The van der Waals surface area contributed by atoms with E-state index in [1.54, 1.807) is 20.3 Å². The Morgan fingerprint density at radius 1 is 0.889 bits per heavy atom. The highest BCUT2D eigenvalue weighted by Gasteiger charge is 2.30. The number of amides is 1. The van der Waals surface area contributed by atoms with Gasteiger partial charge >= 0.3 is 0 Å². The first-order valence-electron chi connectivity index (χ1n) is 11.9. The van der Waals surface area contributed by atoms with Gasteiger partial charge in [-0.25, -0.2) is 4.98 Å². The Bertz CT molecular complexity index is 1300. The summed E-state index contributed by atoms with van der Waals surface area (Å²) < 4.78 is 17.1. The average molecular weight is 481 g/mol. The first-order valence-corrected chi connectivity index (χ1v) is 11.9. The summed E-state index contributed by atoms with van der Waals surface area (Å²) in [6, 6.07) is 29.4. The molecule has 0 saturated carbocycles. The summed E-state index contributed by atoms with van der Waals surface area (Å²) >= 11 is 0. The highest BCUT2D eigenvalue weighted by molar-refractivity contribution is 5.87. The van der Waals surface area contributed by atoms with Gasteiger partial charge in [-0.15, -0.1) is 0 Å². The van der Waals surface area contributed by atoms with Crippen molar-refractivity contribution in [2.75, 3.05) is 27.4 Å². The van der Waals surface area contributed by atoms with Gasteiger partial charge in [0.2, 0.25) is 11.8 Å². The highest BCUT2D eigenvalue weighted by Crippen LogP contribution is 2.39. The van der Waals surface area contributed by atoms with Gasteiger partial charge in [0.25, 0.3) is 0 Å². The number of methoxy groups -OCH3 is 2. The second-order valence-corrected chi connectivity index (χ2v) is 8.59. The van der Waals surface area contributed by atoms with E-state index in [0.29, 0.717) is 37.1 Å². The molecule has 5 rings (SSSR count). The van der Waals surface area contributed by atoms with E-state index < -0.39 is 5.92 Å². The van der Waals surface area contributed by atoms with E-state index in [0.717, 1.165) is 27.9 Å². The van der Waals surface area contributed by atoms with Gasteiger partial charge in [0, 0.05) is 23.7 Å². The molecular formula is C30H28N2O4. The Morgan fingerprint density at radius 2 is 1.58 bits per heavy atom. The first kappa shape index (κ1) is 23.4. The van der Waals surface area contributed by atoms with E-state index in [4.69, 9.17) is 14.2 Å². The zero-order valence-electron chi connectivity index (χ0n) is 20.4. The van der Waals surface area contributed by atoms with Gasteiger partial charge < -0.3 is 19.1 Å². The third-order valence-corrected chi connectivity index (χ3v) is 6.37. The summed E-state index contributed by atoms with van der Waals surface area (Å²) in [5, 5.41) is 0. The van der Waals surface area contributed by atoms with Crippen molar-refractivity contribution in [1.29, 1.82) is 0 Å². The number of rotatable bonds is 6. The van der Waals surface area contributed by atoms with E-state index in [1.807, 2.05) is 89.8 Å². The van der Waals surface area contributed by atoms with Crippen molar-refractivity contribution in [2.24, 2.45) is 0 Å². The van der Waals surface area contributed by atoms with E-state index in [-0.39, 0.29) is 5.91 Å². The summed E-state index contributed by atoms with van der Waals surface area (Å²) in [6.45, 7) is 1.25. The molecule has 6 nitrogen and oxygen atoms in total. The molecule has 182 valence electrons. The predicted molar refractivity (Wildman–Crippen MR) is 138 cm³/mol. The Labute approximate surface area is 211 Å². The lowest BCUT2D eigenvalue weighted by atomic mass is 9.90. The highest BCUT2D eigenvalue weighted by atomic mass is 16.5. The van der Waals surface area contributed by atoms with Crippen LogP contribution in [0.3, 0.4) is 0 Å². The molecule has 0 atom stereocenters. The van der Waals surface area contributed by atoms with Crippen molar-refractivity contribution in [1.82, 2.24) is 9.88 Å². The number of fused-ring (bicyclic) bond motifs is 1. The van der Waals surface area contributed by atoms with E-state index >= 15 is 0 Å². The zero-order chi connectivity index (χ0) is 24.9. The van der Waals surface area contributed by atoms with Crippen LogP contribution in [-0.2, 0) is 11.3 Å². The van der Waals surface area contributed by atoms with Crippen LogP contribution >= 0.6 is 0 Å². The molecule has 0 N–H and O–H groups in total. The van der Waals surface area contributed by atoms with Crippen LogP contribution < -0.4 is 14.2 Å². The lowest BCUT2D eigenvalue weighted by Gasteiger charge is -2.26. The molecule has 3 aromatic carbocycles. The Kier molecular flexibility index (Phi) is 6.85. The Morgan fingerprint density at radius 3 is 2.22 bits per heavy atom. The lowest BCUT2D eigenvalue weighted by molar-refractivity contribution is -0.132. The molecule has 6 heteroatoms. The summed E-state index contributed by atoms with van der Waals surface area (Å²) in [5.41, 5.74) is 4.42. The number of pyridine rings is 1. The molecule has 0 saturated heterocycles. The number of benzene rings is 3. The van der Waals surface area contributed by atoms with Crippen LogP contribution in [0.5, 0.6) is 17.4 Å². The smallest absolute Gasteiger partial charge is 0.234 e. The SMILES string of the molecule is COc1cccc(-c2cc3c(c(OC)c2)OCCN(C(=O)C(c2ccccc2)c2ccccc2)C3)n1. The molecule has 0 spiro atoms. The average Bonchev–Trinajstić information content (AvgIpc) is 3.16. The summed E-state index contributed by atoms with van der Waals surface area (Å²) in [6.07, 6.45) is 0. The molecule has 0 fully saturated rings. The monoisotopic (exact) mass is 480 g/mol. The van der Waals surface area contributed by atoms with Gasteiger partial charge in [0.15, 0.2) is 11.5 Å². The zero-order valence-corrected chi connectivity index (χ0v) is 20.4. The Hall–Kier alpha value is -4.32. The van der Waals surface area contributed by atoms with Crippen LogP contribution in [0.25, 0.3) is 11.3 Å². The molecule has 0 radical (unpaired) electrons. The summed E-state index contributed by atoms with van der Waals surface area (Å²) in [7, 11) is 3.22. The molecule has 1 aliphatic heterocycles. The van der Waals surface area contributed by atoms with Crippen molar-refractivity contribution < 1.29 is 19.0 Å². The minimum Gasteiger partial charge on any atom is -0.493 e. The first-order chi connectivity index (χ1) is 17.7. The minimum atomic E-state index is -0.404. The lowest BCUT2D eigenvalue weighted by Crippen LogP contribution is -2.36. The van der Waals surface area contributed by atoms with Gasteiger partial charge in [-0.05, 0) is 29.3 Å². The van der Waals surface area contributed by atoms with E-state index in [2.05, 4.69) is 4.98 Å². The predicted octanol–water partition coefficient (Wildman–Crippen LogP) is 5.32. The van der Waals surface area contributed by atoms with Crippen molar-refractivity contribution in [3.8, 4) is 28.6 Å². The van der Waals surface area contributed by atoms with E-state index in [9.17, 15) is 4.79 Å². The minimum absolute atomic E-state index is 0.0349. The van der Waals surface area contributed by atoms with Gasteiger partial charge in [0.05, 0.1) is 32.4 Å². The van der Waals surface area contributed by atoms with Gasteiger partial charge in [-0.2, -0.15) is 0 Å². The number of carbonyl (C=O) groups is 1. The third-order valence-electron chi connectivity index (χ3n) is 6.37. The fourth-order valence-corrected chi connectivity index (χ4v) is 4.61. The number of hydrogen-bond acceptors (Lipinski definition) is 5. The maximum atomic E-state index is 14.1. The number of carbonyl (C=O) groups excluding carboxylic acids is 1. The van der Waals surface area contributed by atoms with E-state index in [1.165, 1.54) is 0 Å². The molecule has 0 unspecified atom stereocenters. The normalized spacial score (nSPS) is 12.9. The third kappa shape index (κ3) is 4.75. The van der Waals surface area contributed by atoms with Gasteiger partial charge in [-0.3, -0.25) is 4.79 Å². The fourth-order valence-electron chi connectivity index (χ4n) is 4.61. The second kappa shape index (κ2) is 10.5. The molecule has 4 aromatic rings. The van der Waals surface area contributed by atoms with Crippen LogP contribution in [0.15, 0.2) is 91.0 Å². The number of aromatic nitrogens is 1. The van der Waals surface area contributed by atoms with Crippen molar-refractivity contribution in [2.45, 2.75) is 12.5 Å². The van der Waals surface area contributed by atoms with Crippen LogP contribution in [0.1, 0.15) is 22.6 Å². The molecule has 0 aliphatic carbocycles. The fraction of sp³-hybridized carbons (Fsp3) is 0.200. The number of hydrogen-bond donors (Lipinski definition) is 0. The molecule has 36 heavy (non-hydrogen) atoms. The van der Waals surface area contributed by atoms with Crippen molar-refractivity contribution in [3.63, 3.8) is 0 Å². The Balaban J connectivity index is 1.53. The standard InChI is InChI=1S/C30H28N2O4/c1-34-26-19-23(25-14-9-15-27(31-25)35-2)18-24-20-32(16-17-36-29(24)26)30(33)28(21-10-5-3-6-11-21)22-12-7-4-8-13-22/h3-15,18-19,28H,16-17,20H2,1-2H3. The summed E-state index contributed by atoms with van der Waals surface area (Å²) in [5.74, 6) is 1.44. The molecule has 1 amide bonds. The van der Waals surface area contributed by atoms with Gasteiger partial charge in [0.1, 0.15) is 6.61 Å². The topological polar surface area (TPSA) is 60.9 Å².